The van der Waals surface area contributed by atoms with E-state index in [1.165, 1.54) is 44.1 Å². The van der Waals surface area contributed by atoms with Gasteiger partial charge < -0.3 is 5.11 Å². The van der Waals surface area contributed by atoms with Crippen molar-refractivity contribution in [3.8, 4) is 0 Å². The van der Waals surface area contributed by atoms with Crippen molar-refractivity contribution < 1.29 is 9.90 Å². The molecular formula is C19H26Br2O2. The summed E-state index contributed by atoms with van der Waals surface area (Å²) in [6, 6.07) is 8.19. The van der Waals surface area contributed by atoms with E-state index in [9.17, 15) is 4.79 Å². The Morgan fingerprint density at radius 2 is 1.78 bits per heavy atom. The van der Waals surface area contributed by atoms with Gasteiger partial charge in [0.05, 0.1) is 6.42 Å². The van der Waals surface area contributed by atoms with Gasteiger partial charge in [0.1, 0.15) is 0 Å². The number of benzene rings is 1. The molecule has 1 aromatic rings. The van der Waals surface area contributed by atoms with Crippen molar-refractivity contribution in [2.24, 2.45) is 5.92 Å². The number of hydrogen-bond donors (Lipinski definition) is 1. The van der Waals surface area contributed by atoms with Crippen LogP contribution in [0.2, 0.25) is 0 Å². The van der Waals surface area contributed by atoms with Crippen LogP contribution in [0.25, 0.3) is 0 Å². The SMILES string of the molecule is CCCC(Br)C(Br)C1CCC(c2ccc(CC(=O)O)cc2)CC1. The Hall–Kier alpha value is -0.350. The smallest absolute Gasteiger partial charge is 0.307 e. The zero-order chi connectivity index (χ0) is 16.8. The Balaban J connectivity index is 1.87. The summed E-state index contributed by atoms with van der Waals surface area (Å²) in [6.07, 6.45) is 7.56. The maximum Gasteiger partial charge on any atom is 0.307 e. The first-order valence-corrected chi connectivity index (χ1v) is 10.4. The number of carboxylic acid groups (broad SMARTS) is 1. The average Bonchev–Trinajstić information content (AvgIpc) is 2.55. The van der Waals surface area contributed by atoms with E-state index in [0.717, 1.165) is 11.5 Å². The highest BCUT2D eigenvalue weighted by atomic mass is 79.9. The quantitative estimate of drug-likeness (QED) is 0.529. The molecule has 0 aliphatic heterocycles. The summed E-state index contributed by atoms with van der Waals surface area (Å²) in [5.74, 6) is 0.622. The Bertz CT molecular complexity index is 493. The highest BCUT2D eigenvalue weighted by Gasteiger charge is 2.30. The standard InChI is InChI=1S/C19H26Br2O2/c1-2-3-17(20)19(21)16-10-8-15(9-11-16)14-6-4-13(5-7-14)12-18(22)23/h4-7,15-17,19H,2-3,8-12H2,1H3,(H,22,23). The molecule has 2 atom stereocenters. The van der Waals surface area contributed by atoms with Crippen LogP contribution in [0.5, 0.6) is 0 Å². The van der Waals surface area contributed by atoms with Gasteiger partial charge in [-0.25, -0.2) is 0 Å². The van der Waals surface area contributed by atoms with Gasteiger partial charge in [-0.05, 0) is 55.1 Å². The van der Waals surface area contributed by atoms with Gasteiger partial charge in [0.25, 0.3) is 0 Å². The first-order valence-electron chi connectivity index (χ1n) is 8.60. The molecule has 1 aliphatic rings. The number of rotatable bonds is 7. The zero-order valence-electron chi connectivity index (χ0n) is 13.7. The van der Waals surface area contributed by atoms with Crippen LogP contribution in [0, 0.1) is 5.92 Å². The lowest BCUT2D eigenvalue weighted by Crippen LogP contribution is -2.27. The van der Waals surface area contributed by atoms with Crippen LogP contribution >= 0.6 is 31.9 Å². The highest BCUT2D eigenvalue weighted by molar-refractivity contribution is 9.12. The molecule has 128 valence electrons. The van der Waals surface area contributed by atoms with Crippen LogP contribution in [0.15, 0.2) is 24.3 Å². The number of aliphatic carboxylic acids is 1. The van der Waals surface area contributed by atoms with Crippen LogP contribution in [0.1, 0.15) is 62.5 Å². The normalized spacial score (nSPS) is 24.1. The molecule has 0 aromatic heterocycles. The molecule has 2 unspecified atom stereocenters. The monoisotopic (exact) mass is 444 g/mol. The van der Waals surface area contributed by atoms with Crippen molar-refractivity contribution in [1.29, 1.82) is 0 Å². The summed E-state index contributed by atoms with van der Waals surface area (Å²) in [5, 5.41) is 8.84. The molecule has 1 fully saturated rings. The van der Waals surface area contributed by atoms with Crippen molar-refractivity contribution in [2.45, 2.75) is 67.4 Å². The maximum atomic E-state index is 10.7. The Morgan fingerprint density at radius 1 is 1.17 bits per heavy atom. The lowest BCUT2D eigenvalue weighted by atomic mass is 9.77. The molecule has 0 heterocycles. The van der Waals surface area contributed by atoms with Gasteiger partial charge >= 0.3 is 5.97 Å². The van der Waals surface area contributed by atoms with Crippen molar-refractivity contribution in [3.63, 3.8) is 0 Å². The molecule has 0 spiro atoms. The summed E-state index contributed by atoms with van der Waals surface area (Å²) in [6.45, 7) is 2.24. The molecule has 0 bridgehead atoms. The van der Waals surface area contributed by atoms with Crippen LogP contribution in [0.3, 0.4) is 0 Å². The van der Waals surface area contributed by atoms with E-state index >= 15 is 0 Å². The van der Waals surface area contributed by atoms with Gasteiger partial charge in [-0.3, -0.25) is 4.79 Å². The van der Waals surface area contributed by atoms with Crippen LogP contribution in [-0.2, 0) is 11.2 Å². The molecule has 2 nitrogen and oxygen atoms in total. The molecular weight excluding hydrogens is 420 g/mol. The van der Waals surface area contributed by atoms with Crippen molar-refractivity contribution in [1.82, 2.24) is 0 Å². The summed E-state index contributed by atoms with van der Waals surface area (Å²) < 4.78 is 0. The van der Waals surface area contributed by atoms with E-state index in [1.807, 2.05) is 12.1 Å². The largest absolute Gasteiger partial charge is 0.481 e. The summed E-state index contributed by atoms with van der Waals surface area (Å²) in [7, 11) is 0. The first-order chi connectivity index (χ1) is 11.0. The van der Waals surface area contributed by atoms with Gasteiger partial charge in [-0.15, -0.1) is 0 Å². The molecule has 1 aromatic carbocycles. The zero-order valence-corrected chi connectivity index (χ0v) is 16.9. The van der Waals surface area contributed by atoms with Crippen LogP contribution in [-0.4, -0.2) is 20.7 Å². The second-order valence-corrected chi connectivity index (χ2v) is 8.91. The summed E-state index contributed by atoms with van der Waals surface area (Å²) in [5.41, 5.74) is 2.25. The van der Waals surface area contributed by atoms with Gasteiger partial charge in [-0.2, -0.15) is 0 Å². The molecule has 0 saturated heterocycles. The molecule has 1 saturated carbocycles. The topological polar surface area (TPSA) is 37.3 Å². The number of hydrogen-bond acceptors (Lipinski definition) is 1. The molecule has 0 radical (unpaired) electrons. The van der Waals surface area contributed by atoms with E-state index in [-0.39, 0.29) is 6.42 Å². The highest BCUT2D eigenvalue weighted by Crippen LogP contribution is 2.41. The fourth-order valence-electron chi connectivity index (χ4n) is 3.58. The minimum absolute atomic E-state index is 0.113. The molecule has 4 heteroatoms. The molecule has 23 heavy (non-hydrogen) atoms. The maximum absolute atomic E-state index is 10.7. The number of alkyl halides is 2. The van der Waals surface area contributed by atoms with Crippen molar-refractivity contribution in [2.75, 3.05) is 0 Å². The lowest BCUT2D eigenvalue weighted by molar-refractivity contribution is -0.136. The minimum Gasteiger partial charge on any atom is -0.481 e. The third-order valence-electron chi connectivity index (χ3n) is 4.94. The Kier molecular flexibility index (Phi) is 7.61. The predicted molar refractivity (Wildman–Crippen MR) is 103 cm³/mol. The fraction of sp³-hybridized carbons (Fsp3) is 0.632. The minimum atomic E-state index is -0.766. The second kappa shape index (κ2) is 9.22. The van der Waals surface area contributed by atoms with E-state index in [0.29, 0.717) is 15.6 Å². The first kappa shape index (κ1) is 19.0. The molecule has 1 aliphatic carbocycles. The van der Waals surface area contributed by atoms with Crippen LogP contribution in [0.4, 0.5) is 0 Å². The van der Waals surface area contributed by atoms with Crippen molar-refractivity contribution in [3.05, 3.63) is 35.4 Å². The van der Waals surface area contributed by atoms with E-state index in [1.54, 1.807) is 0 Å². The van der Waals surface area contributed by atoms with E-state index < -0.39 is 5.97 Å². The number of carboxylic acids is 1. The third kappa shape index (κ3) is 5.60. The average molecular weight is 446 g/mol. The molecule has 1 N–H and O–H groups in total. The molecule has 0 amide bonds. The van der Waals surface area contributed by atoms with Gasteiger partial charge in [0, 0.05) is 9.65 Å². The number of halogens is 2. The Morgan fingerprint density at radius 3 is 2.30 bits per heavy atom. The summed E-state index contributed by atoms with van der Waals surface area (Å²) >= 11 is 7.74. The van der Waals surface area contributed by atoms with E-state index in [2.05, 4.69) is 50.9 Å². The summed E-state index contributed by atoms with van der Waals surface area (Å²) in [4.78, 5) is 11.9. The number of carbonyl (C=O) groups is 1. The third-order valence-corrected chi connectivity index (χ3v) is 8.06. The van der Waals surface area contributed by atoms with Gasteiger partial charge in [0.15, 0.2) is 0 Å². The fourth-order valence-corrected chi connectivity index (χ4v) is 5.27. The van der Waals surface area contributed by atoms with Crippen molar-refractivity contribution >= 4 is 37.8 Å². The predicted octanol–water partition coefficient (Wildman–Crippen LogP) is 5.91. The second-order valence-electron chi connectivity index (χ2n) is 6.67. The van der Waals surface area contributed by atoms with Gasteiger partial charge in [-0.1, -0.05) is 69.5 Å². The van der Waals surface area contributed by atoms with E-state index in [4.69, 9.17) is 5.11 Å². The lowest BCUT2D eigenvalue weighted by Gasteiger charge is -2.33. The van der Waals surface area contributed by atoms with Crippen LogP contribution < -0.4 is 0 Å². The Labute approximate surface area is 156 Å². The molecule has 2 rings (SSSR count). The van der Waals surface area contributed by atoms with Gasteiger partial charge in [0.2, 0.25) is 0 Å².